The van der Waals surface area contributed by atoms with E-state index in [4.69, 9.17) is 0 Å². The molecule has 1 fully saturated rings. The third kappa shape index (κ3) is 3.83. The van der Waals surface area contributed by atoms with Gasteiger partial charge in [0.25, 0.3) is 0 Å². The van der Waals surface area contributed by atoms with E-state index in [9.17, 15) is 0 Å². The van der Waals surface area contributed by atoms with Crippen molar-refractivity contribution < 1.29 is 0 Å². The Morgan fingerprint density at radius 2 is 2.22 bits per heavy atom. The molecule has 1 aliphatic rings. The van der Waals surface area contributed by atoms with Gasteiger partial charge in [0.15, 0.2) is 0 Å². The van der Waals surface area contributed by atoms with Crippen LogP contribution in [-0.2, 0) is 6.54 Å². The summed E-state index contributed by atoms with van der Waals surface area (Å²) in [5, 5.41) is 8.73. The van der Waals surface area contributed by atoms with Crippen LogP contribution < -0.4 is 5.32 Å². The van der Waals surface area contributed by atoms with Gasteiger partial charge in [0.2, 0.25) is 0 Å². The van der Waals surface area contributed by atoms with E-state index in [1.165, 1.54) is 23.7 Å². The summed E-state index contributed by atoms with van der Waals surface area (Å²) in [7, 11) is 0. The monoisotopic (exact) mass is 286 g/mol. The molecule has 2 heterocycles. The van der Waals surface area contributed by atoms with E-state index in [0.29, 0.717) is 4.75 Å². The van der Waals surface area contributed by atoms with E-state index < -0.39 is 0 Å². The fraction of sp³-hybridized carbons (Fsp3) is 0.833. The molecule has 0 aliphatic carbocycles. The molecule has 0 radical (unpaired) electrons. The summed E-state index contributed by atoms with van der Waals surface area (Å²) in [6.07, 6.45) is 1.24. The Morgan fingerprint density at radius 1 is 1.39 bits per heavy atom. The quantitative estimate of drug-likeness (QED) is 0.921. The molecule has 1 saturated heterocycles. The first-order valence-electron chi connectivity index (χ1n) is 6.52. The summed E-state index contributed by atoms with van der Waals surface area (Å²) in [6, 6.07) is 0. The Kier molecular flexibility index (Phi) is 4.86. The van der Waals surface area contributed by atoms with Crippen molar-refractivity contribution >= 4 is 28.3 Å². The number of aromatic nitrogens is 2. The van der Waals surface area contributed by atoms with Gasteiger partial charge in [0.05, 0.1) is 0 Å². The number of anilines is 1. The number of hydrogen-bond acceptors (Lipinski definition) is 6. The summed E-state index contributed by atoms with van der Waals surface area (Å²) in [6.45, 7) is 11.0. The van der Waals surface area contributed by atoms with Gasteiger partial charge >= 0.3 is 0 Å². The maximum Gasteiger partial charge on any atom is 0.134 e. The summed E-state index contributed by atoms with van der Waals surface area (Å²) in [5.74, 6) is 1.21. The minimum absolute atomic E-state index is 0.416. The van der Waals surface area contributed by atoms with Crippen LogP contribution in [0.5, 0.6) is 0 Å². The van der Waals surface area contributed by atoms with Crippen LogP contribution in [0.15, 0.2) is 0 Å². The first kappa shape index (κ1) is 14.1. The maximum atomic E-state index is 4.25. The van der Waals surface area contributed by atoms with Crippen LogP contribution in [0, 0.1) is 0 Å². The van der Waals surface area contributed by atoms with Crippen LogP contribution in [-0.4, -0.2) is 44.6 Å². The lowest BCUT2D eigenvalue weighted by Gasteiger charge is -2.22. The van der Waals surface area contributed by atoms with Crippen LogP contribution in [0.25, 0.3) is 0 Å². The van der Waals surface area contributed by atoms with Crippen LogP contribution in [0.3, 0.4) is 0 Å². The molecule has 1 N–H and O–H groups in total. The predicted octanol–water partition coefficient (Wildman–Crippen LogP) is 2.69. The summed E-state index contributed by atoms with van der Waals surface area (Å²) in [5.41, 5.74) is 1.10. The first-order valence-corrected chi connectivity index (χ1v) is 8.28. The van der Waals surface area contributed by atoms with E-state index in [0.717, 1.165) is 36.9 Å². The second-order valence-corrected chi connectivity index (χ2v) is 7.77. The highest BCUT2D eigenvalue weighted by Crippen LogP contribution is 2.31. The Labute approximate surface area is 118 Å². The van der Waals surface area contributed by atoms with Crippen molar-refractivity contribution in [1.29, 1.82) is 0 Å². The molecule has 102 valence electrons. The maximum absolute atomic E-state index is 4.25. The van der Waals surface area contributed by atoms with Gasteiger partial charge in [0.1, 0.15) is 10.7 Å². The average Bonchev–Trinajstić information content (AvgIpc) is 2.66. The lowest BCUT2D eigenvalue weighted by Crippen LogP contribution is -2.27. The van der Waals surface area contributed by atoms with Crippen molar-refractivity contribution in [2.45, 2.75) is 38.5 Å². The molecular weight excluding hydrogens is 264 g/mol. The molecule has 0 spiro atoms. The fourth-order valence-electron chi connectivity index (χ4n) is 2.04. The summed E-state index contributed by atoms with van der Waals surface area (Å²) in [4.78, 5) is 2.50. The predicted molar refractivity (Wildman–Crippen MR) is 80.5 cm³/mol. The van der Waals surface area contributed by atoms with Crippen molar-refractivity contribution in [2.75, 3.05) is 30.7 Å². The fourth-order valence-corrected chi connectivity index (χ4v) is 3.82. The van der Waals surface area contributed by atoms with Crippen LogP contribution in [0.4, 0.5) is 5.00 Å². The highest BCUT2D eigenvalue weighted by molar-refractivity contribution is 8.00. The van der Waals surface area contributed by atoms with Gasteiger partial charge in [-0.05, 0) is 19.9 Å². The lowest BCUT2D eigenvalue weighted by molar-refractivity contribution is 0.273. The van der Waals surface area contributed by atoms with Crippen LogP contribution in [0.1, 0.15) is 32.9 Å². The molecule has 6 heteroatoms. The number of nitrogens with one attached hydrogen (secondary N) is 1. The largest absolute Gasteiger partial charge is 0.374 e. The van der Waals surface area contributed by atoms with Crippen molar-refractivity contribution in [2.24, 2.45) is 0 Å². The number of nitrogens with zero attached hydrogens (tertiary/aromatic N) is 3. The van der Waals surface area contributed by atoms with Crippen molar-refractivity contribution in [3.8, 4) is 0 Å². The molecule has 18 heavy (non-hydrogen) atoms. The molecule has 0 bridgehead atoms. The molecular formula is C12H22N4S2. The molecule has 2 rings (SSSR count). The second kappa shape index (κ2) is 6.21. The molecule has 0 aromatic carbocycles. The van der Waals surface area contributed by atoms with Gasteiger partial charge in [0, 0.05) is 41.7 Å². The molecule has 1 aliphatic heterocycles. The lowest BCUT2D eigenvalue weighted by atomic mass is 10.1. The number of thioether (sulfide) groups is 1. The van der Waals surface area contributed by atoms with Gasteiger partial charge in [-0.25, -0.2) is 0 Å². The third-order valence-corrected chi connectivity index (χ3v) is 5.29. The standard InChI is InChI=1S/C12H22N4S2/c1-4-13-11-10(14-15-18-11)9-16-6-5-12(2,3)17-8-7-16/h13H,4-9H2,1-3H3. The normalized spacial score (nSPS) is 20.6. The second-order valence-electron chi connectivity index (χ2n) is 5.21. The van der Waals surface area contributed by atoms with Crippen molar-refractivity contribution in [3.63, 3.8) is 0 Å². The van der Waals surface area contributed by atoms with Crippen molar-refractivity contribution in [1.82, 2.24) is 14.5 Å². The summed E-state index contributed by atoms with van der Waals surface area (Å²) >= 11 is 3.54. The minimum atomic E-state index is 0.416. The van der Waals surface area contributed by atoms with E-state index in [1.807, 2.05) is 0 Å². The Balaban J connectivity index is 1.94. The molecule has 1 aromatic rings. The zero-order valence-corrected chi connectivity index (χ0v) is 13.0. The van der Waals surface area contributed by atoms with Gasteiger partial charge in [-0.15, -0.1) is 5.10 Å². The molecule has 0 atom stereocenters. The molecule has 0 unspecified atom stereocenters. The molecule has 0 amide bonds. The molecule has 4 nitrogen and oxygen atoms in total. The minimum Gasteiger partial charge on any atom is -0.374 e. The van der Waals surface area contributed by atoms with Gasteiger partial charge in [-0.1, -0.05) is 18.3 Å². The van der Waals surface area contributed by atoms with E-state index in [1.54, 1.807) is 0 Å². The highest BCUT2D eigenvalue weighted by Gasteiger charge is 2.24. The van der Waals surface area contributed by atoms with Gasteiger partial charge < -0.3 is 5.32 Å². The third-order valence-electron chi connectivity index (χ3n) is 3.20. The van der Waals surface area contributed by atoms with Gasteiger partial charge in [-0.3, -0.25) is 4.90 Å². The highest BCUT2D eigenvalue weighted by atomic mass is 32.2. The van der Waals surface area contributed by atoms with Gasteiger partial charge in [-0.2, -0.15) is 11.8 Å². The topological polar surface area (TPSA) is 41.1 Å². The van der Waals surface area contributed by atoms with Crippen LogP contribution >= 0.6 is 23.3 Å². The average molecular weight is 286 g/mol. The Bertz CT molecular complexity index is 378. The van der Waals surface area contributed by atoms with E-state index >= 15 is 0 Å². The summed E-state index contributed by atoms with van der Waals surface area (Å²) < 4.78 is 4.47. The first-order chi connectivity index (χ1) is 8.61. The zero-order chi connectivity index (χ0) is 13.0. The zero-order valence-electron chi connectivity index (χ0n) is 11.4. The van der Waals surface area contributed by atoms with Crippen LogP contribution in [0.2, 0.25) is 0 Å². The molecule has 0 saturated carbocycles. The van der Waals surface area contributed by atoms with Crippen molar-refractivity contribution in [3.05, 3.63) is 5.69 Å². The molecule has 1 aromatic heterocycles. The number of hydrogen-bond donors (Lipinski definition) is 1. The number of rotatable bonds is 4. The van der Waals surface area contributed by atoms with E-state index in [2.05, 4.69) is 52.3 Å². The Hall–Kier alpha value is -0.330. The smallest absolute Gasteiger partial charge is 0.134 e. The SMILES string of the molecule is CCNc1snnc1CN1CCSC(C)(C)CC1. The van der Waals surface area contributed by atoms with E-state index in [-0.39, 0.29) is 0 Å². The Morgan fingerprint density at radius 3 is 3.00 bits per heavy atom.